The molecule has 3 rings (SSSR count). The van der Waals surface area contributed by atoms with Crippen LogP contribution in [0.3, 0.4) is 0 Å². The second-order valence-corrected chi connectivity index (χ2v) is 6.93. The number of halogens is 1. The van der Waals surface area contributed by atoms with E-state index in [1.165, 1.54) is 12.0 Å². The summed E-state index contributed by atoms with van der Waals surface area (Å²) >= 11 is 3.45. The molecule has 1 saturated heterocycles. The number of benzene rings is 1. The van der Waals surface area contributed by atoms with Crippen LogP contribution >= 0.6 is 15.9 Å². The van der Waals surface area contributed by atoms with Crippen molar-refractivity contribution >= 4 is 27.7 Å². The fourth-order valence-corrected chi connectivity index (χ4v) is 3.43. The first-order valence-electron chi connectivity index (χ1n) is 7.42. The normalized spacial score (nSPS) is 23.3. The maximum Gasteiger partial charge on any atom is 0.242 e. The van der Waals surface area contributed by atoms with Gasteiger partial charge in [-0.05, 0) is 37.0 Å². The molecule has 1 atom stereocenters. The molecule has 1 heterocycles. The van der Waals surface area contributed by atoms with Gasteiger partial charge in [-0.3, -0.25) is 9.59 Å². The highest BCUT2D eigenvalue weighted by Gasteiger charge is 2.39. The first kappa shape index (κ1) is 14.6. The van der Waals surface area contributed by atoms with E-state index in [2.05, 4.69) is 50.8 Å². The highest BCUT2D eigenvalue weighted by molar-refractivity contribution is 9.10. The van der Waals surface area contributed by atoms with Crippen LogP contribution in [0.25, 0.3) is 0 Å². The standard InChI is InChI=1S/C16H19BrN2O2/c17-12-4-2-11(3-5-12)16(8-1-9-16)10-18-15(21)13-6-7-14(20)19-13/h2-5,13H,1,6-10H2,(H,18,21)(H,19,20)/t13-/m1/s1. The van der Waals surface area contributed by atoms with Crippen molar-refractivity contribution < 1.29 is 9.59 Å². The summed E-state index contributed by atoms with van der Waals surface area (Å²) in [5.74, 6) is -0.0781. The van der Waals surface area contributed by atoms with Gasteiger partial charge < -0.3 is 10.6 Å². The lowest BCUT2D eigenvalue weighted by Gasteiger charge is -2.42. The van der Waals surface area contributed by atoms with Crippen molar-refractivity contribution in [2.45, 2.75) is 43.6 Å². The average Bonchev–Trinajstić information content (AvgIpc) is 2.86. The molecule has 2 aliphatic rings. The van der Waals surface area contributed by atoms with Crippen molar-refractivity contribution in [1.29, 1.82) is 0 Å². The van der Waals surface area contributed by atoms with Crippen LogP contribution in [-0.4, -0.2) is 24.4 Å². The third-order valence-corrected chi connectivity index (χ3v) is 5.21. The minimum atomic E-state index is -0.348. The van der Waals surface area contributed by atoms with Crippen LogP contribution in [0, 0.1) is 0 Å². The molecule has 0 bridgehead atoms. The minimum absolute atomic E-state index is 0.0265. The molecule has 1 aliphatic heterocycles. The highest BCUT2D eigenvalue weighted by Crippen LogP contribution is 2.43. The summed E-state index contributed by atoms with van der Waals surface area (Å²) in [6.07, 6.45) is 4.47. The molecule has 0 radical (unpaired) electrons. The molecule has 5 heteroatoms. The number of carbonyl (C=O) groups is 2. The van der Waals surface area contributed by atoms with Gasteiger partial charge in [0, 0.05) is 22.9 Å². The Hall–Kier alpha value is -1.36. The van der Waals surface area contributed by atoms with Crippen LogP contribution in [0.4, 0.5) is 0 Å². The van der Waals surface area contributed by atoms with E-state index in [-0.39, 0.29) is 23.3 Å². The molecule has 1 aliphatic carbocycles. The Morgan fingerprint density at radius 3 is 2.57 bits per heavy atom. The van der Waals surface area contributed by atoms with Gasteiger partial charge in [0.15, 0.2) is 0 Å². The van der Waals surface area contributed by atoms with Gasteiger partial charge in [0.2, 0.25) is 11.8 Å². The molecule has 1 aromatic carbocycles. The Morgan fingerprint density at radius 2 is 2.05 bits per heavy atom. The van der Waals surface area contributed by atoms with E-state index in [9.17, 15) is 9.59 Å². The molecule has 1 aromatic rings. The maximum absolute atomic E-state index is 12.1. The van der Waals surface area contributed by atoms with E-state index in [0.717, 1.165) is 17.3 Å². The number of amides is 2. The molecule has 0 spiro atoms. The van der Waals surface area contributed by atoms with Crippen molar-refractivity contribution in [1.82, 2.24) is 10.6 Å². The number of hydrogen-bond donors (Lipinski definition) is 2. The van der Waals surface area contributed by atoms with Gasteiger partial charge in [-0.25, -0.2) is 0 Å². The van der Waals surface area contributed by atoms with Crippen LogP contribution in [0.15, 0.2) is 28.7 Å². The topological polar surface area (TPSA) is 58.2 Å². The summed E-state index contributed by atoms with van der Waals surface area (Å²) in [6, 6.07) is 8.02. The summed E-state index contributed by atoms with van der Waals surface area (Å²) < 4.78 is 1.07. The Labute approximate surface area is 132 Å². The van der Waals surface area contributed by atoms with Crippen molar-refractivity contribution in [3.8, 4) is 0 Å². The molecule has 21 heavy (non-hydrogen) atoms. The second-order valence-electron chi connectivity index (χ2n) is 6.02. The molecule has 2 N–H and O–H groups in total. The highest BCUT2D eigenvalue weighted by atomic mass is 79.9. The van der Waals surface area contributed by atoms with E-state index >= 15 is 0 Å². The van der Waals surface area contributed by atoms with Gasteiger partial charge in [0.1, 0.15) is 6.04 Å². The van der Waals surface area contributed by atoms with E-state index in [0.29, 0.717) is 19.4 Å². The molecule has 112 valence electrons. The van der Waals surface area contributed by atoms with E-state index in [1.54, 1.807) is 0 Å². The molecule has 0 unspecified atom stereocenters. The largest absolute Gasteiger partial charge is 0.353 e. The molecule has 4 nitrogen and oxygen atoms in total. The van der Waals surface area contributed by atoms with Crippen LogP contribution in [0.5, 0.6) is 0 Å². The van der Waals surface area contributed by atoms with Crippen LogP contribution in [-0.2, 0) is 15.0 Å². The van der Waals surface area contributed by atoms with E-state index in [1.807, 2.05) is 0 Å². The Bertz CT molecular complexity index is 552. The molecule has 1 saturated carbocycles. The second kappa shape index (κ2) is 5.79. The van der Waals surface area contributed by atoms with Crippen LogP contribution in [0.1, 0.15) is 37.7 Å². The lowest BCUT2D eigenvalue weighted by atomic mass is 9.64. The zero-order valence-electron chi connectivity index (χ0n) is 11.8. The summed E-state index contributed by atoms with van der Waals surface area (Å²) in [6.45, 7) is 0.653. The number of nitrogens with one attached hydrogen (secondary N) is 2. The van der Waals surface area contributed by atoms with Crippen LogP contribution < -0.4 is 10.6 Å². The summed E-state index contributed by atoms with van der Waals surface area (Å²) in [7, 11) is 0. The van der Waals surface area contributed by atoms with Crippen LogP contribution in [0.2, 0.25) is 0 Å². The van der Waals surface area contributed by atoms with Crippen molar-refractivity contribution in [3.63, 3.8) is 0 Å². The third kappa shape index (κ3) is 2.98. The average molecular weight is 351 g/mol. The summed E-state index contributed by atoms with van der Waals surface area (Å²) in [5.41, 5.74) is 1.35. The zero-order valence-corrected chi connectivity index (χ0v) is 13.4. The van der Waals surface area contributed by atoms with Crippen molar-refractivity contribution in [3.05, 3.63) is 34.3 Å². The molecular formula is C16H19BrN2O2. The fraction of sp³-hybridized carbons (Fsp3) is 0.500. The Kier molecular flexibility index (Phi) is 4.02. The summed E-state index contributed by atoms with van der Waals surface area (Å²) in [5, 5.41) is 5.75. The Balaban J connectivity index is 1.63. The molecule has 2 amide bonds. The first-order valence-corrected chi connectivity index (χ1v) is 8.21. The lowest BCUT2D eigenvalue weighted by molar-refractivity contribution is -0.126. The number of hydrogen-bond acceptors (Lipinski definition) is 2. The van der Waals surface area contributed by atoms with E-state index < -0.39 is 0 Å². The predicted molar refractivity (Wildman–Crippen MR) is 83.8 cm³/mol. The zero-order chi connectivity index (χ0) is 14.9. The summed E-state index contributed by atoms with van der Waals surface area (Å²) in [4.78, 5) is 23.3. The molecule has 2 fully saturated rings. The SMILES string of the molecule is O=C1CC[C@H](C(=O)NCC2(c3ccc(Br)cc3)CCC2)N1. The quantitative estimate of drug-likeness (QED) is 0.874. The van der Waals surface area contributed by atoms with Crippen molar-refractivity contribution in [2.75, 3.05) is 6.54 Å². The lowest BCUT2D eigenvalue weighted by Crippen LogP contribution is -2.49. The smallest absolute Gasteiger partial charge is 0.242 e. The fourth-order valence-electron chi connectivity index (χ4n) is 3.16. The Morgan fingerprint density at radius 1 is 1.33 bits per heavy atom. The maximum atomic E-state index is 12.1. The molecular weight excluding hydrogens is 332 g/mol. The van der Waals surface area contributed by atoms with Gasteiger partial charge in [-0.1, -0.05) is 34.5 Å². The predicted octanol–water partition coefficient (Wildman–Crippen LogP) is 2.27. The number of rotatable bonds is 4. The van der Waals surface area contributed by atoms with Gasteiger partial charge >= 0.3 is 0 Å². The van der Waals surface area contributed by atoms with Gasteiger partial charge in [-0.15, -0.1) is 0 Å². The minimum Gasteiger partial charge on any atom is -0.353 e. The van der Waals surface area contributed by atoms with Crippen molar-refractivity contribution in [2.24, 2.45) is 0 Å². The van der Waals surface area contributed by atoms with E-state index in [4.69, 9.17) is 0 Å². The van der Waals surface area contributed by atoms with Gasteiger partial charge in [0.25, 0.3) is 0 Å². The van der Waals surface area contributed by atoms with Gasteiger partial charge in [-0.2, -0.15) is 0 Å². The monoisotopic (exact) mass is 350 g/mol. The third-order valence-electron chi connectivity index (χ3n) is 4.68. The van der Waals surface area contributed by atoms with Gasteiger partial charge in [0.05, 0.1) is 0 Å². The first-order chi connectivity index (χ1) is 10.1. The molecule has 0 aromatic heterocycles. The number of carbonyl (C=O) groups excluding carboxylic acids is 2.